The number of furan rings is 1. The van der Waals surface area contributed by atoms with Crippen molar-refractivity contribution in [2.75, 3.05) is 11.9 Å². The molecule has 0 spiro atoms. The summed E-state index contributed by atoms with van der Waals surface area (Å²) < 4.78 is 11.7. The number of nitrogens with one attached hydrogen (secondary N) is 1. The zero-order valence-electron chi connectivity index (χ0n) is 16.7. The second-order valence-corrected chi connectivity index (χ2v) is 6.37. The standard InChI is InChI=1S/C19H23N3O6/c1-7-27-18(25)15-14(12(5)23)13(6)28-17(15)21-16(24)11(4)22-10(3)8-9(2)20-19(22)26/h8,11H,7H2,1-6H3,(H,21,24). The predicted molar refractivity (Wildman–Crippen MR) is 101 cm³/mol. The van der Waals surface area contributed by atoms with Gasteiger partial charge in [0, 0.05) is 11.4 Å². The van der Waals surface area contributed by atoms with E-state index in [-0.39, 0.29) is 29.4 Å². The van der Waals surface area contributed by atoms with Crippen molar-refractivity contribution in [1.82, 2.24) is 9.55 Å². The number of amides is 1. The average Bonchev–Trinajstić information content (AvgIpc) is 2.90. The lowest BCUT2D eigenvalue weighted by Gasteiger charge is -2.17. The van der Waals surface area contributed by atoms with Crippen LogP contribution >= 0.6 is 0 Å². The molecule has 150 valence electrons. The van der Waals surface area contributed by atoms with Crippen molar-refractivity contribution in [2.45, 2.75) is 47.6 Å². The number of esters is 1. The quantitative estimate of drug-likeness (QED) is 0.594. The highest BCUT2D eigenvalue weighted by molar-refractivity contribution is 6.10. The fourth-order valence-electron chi connectivity index (χ4n) is 3.02. The molecule has 2 rings (SSSR count). The maximum Gasteiger partial charge on any atom is 0.348 e. The van der Waals surface area contributed by atoms with Gasteiger partial charge < -0.3 is 9.15 Å². The summed E-state index contributed by atoms with van der Waals surface area (Å²) in [5, 5.41) is 2.49. The molecule has 2 aromatic heterocycles. The molecule has 0 aliphatic rings. The van der Waals surface area contributed by atoms with Crippen LogP contribution in [0.4, 0.5) is 5.88 Å². The van der Waals surface area contributed by atoms with Crippen LogP contribution in [0.5, 0.6) is 0 Å². The summed E-state index contributed by atoms with van der Waals surface area (Å²) in [6.07, 6.45) is 0. The number of carbonyl (C=O) groups excluding carboxylic acids is 3. The first-order valence-corrected chi connectivity index (χ1v) is 8.77. The van der Waals surface area contributed by atoms with Crippen LogP contribution in [0.2, 0.25) is 0 Å². The molecule has 0 saturated carbocycles. The first-order valence-electron chi connectivity index (χ1n) is 8.77. The smallest absolute Gasteiger partial charge is 0.348 e. The molecule has 0 aliphatic heterocycles. The summed E-state index contributed by atoms with van der Waals surface area (Å²) in [5.74, 6) is -1.79. The molecule has 2 heterocycles. The molecule has 9 nitrogen and oxygen atoms in total. The van der Waals surface area contributed by atoms with E-state index in [2.05, 4.69) is 10.3 Å². The summed E-state index contributed by atoms with van der Waals surface area (Å²) in [6, 6.07) is 0.752. The minimum absolute atomic E-state index is 0.0479. The number of aryl methyl sites for hydroxylation is 3. The number of hydrogen-bond donors (Lipinski definition) is 1. The molecule has 1 unspecified atom stereocenters. The van der Waals surface area contributed by atoms with Crippen molar-refractivity contribution in [3.05, 3.63) is 44.8 Å². The van der Waals surface area contributed by atoms with E-state index in [4.69, 9.17) is 9.15 Å². The summed E-state index contributed by atoms with van der Waals surface area (Å²) >= 11 is 0. The Kier molecular flexibility index (Phi) is 6.17. The van der Waals surface area contributed by atoms with Crippen molar-refractivity contribution in [1.29, 1.82) is 0 Å². The van der Waals surface area contributed by atoms with E-state index >= 15 is 0 Å². The molecule has 0 bridgehead atoms. The molecule has 28 heavy (non-hydrogen) atoms. The van der Waals surface area contributed by atoms with Crippen LogP contribution in [0, 0.1) is 20.8 Å². The van der Waals surface area contributed by atoms with Gasteiger partial charge in [0.1, 0.15) is 17.4 Å². The number of ether oxygens (including phenoxy) is 1. The lowest BCUT2D eigenvalue weighted by Crippen LogP contribution is -2.34. The number of ketones is 1. The third-order valence-corrected chi connectivity index (χ3v) is 4.20. The maximum absolute atomic E-state index is 12.7. The predicted octanol–water partition coefficient (Wildman–Crippen LogP) is 2.34. The maximum atomic E-state index is 12.7. The highest BCUT2D eigenvalue weighted by Gasteiger charge is 2.30. The average molecular weight is 389 g/mol. The van der Waals surface area contributed by atoms with E-state index in [9.17, 15) is 19.2 Å². The summed E-state index contributed by atoms with van der Waals surface area (Å²) in [7, 11) is 0. The van der Waals surface area contributed by atoms with Crippen molar-refractivity contribution < 1.29 is 23.5 Å². The van der Waals surface area contributed by atoms with Crippen LogP contribution in [0.1, 0.15) is 64.7 Å². The largest absolute Gasteiger partial charge is 0.462 e. The van der Waals surface area contributed by atoms with Gasteiger partial charge in [0.05, 0.1) is 12.2 Å². The Bertz CT molecular complexity index is 1000. The van der Waals surface area contributed by atoms with Gasteiger partial charge in [-0.05, 0) is 47.6 Å². The molecule has 0 aliphatic carbocycles. The van der Waals surface area contributed by atoms with Gasteiger partial charge >= 0.3 is 11.7 Å². The zero-order chi connectivity index (χ0) is 21.2. The fourth-order valence-corrected chi connectivity index (χ4v) is 3.02. The number of rotatable bonds is 6. The fraction of sp³-hybridized carbons (Fsp3) is 0.421. The van der Waals surface area contributed by atoms with E-state index in [1.807, 2.05) is 0 Å². The minimum atomic E-state index is -0.929. The van der Waals surface area contributed by atoms with Crippen LogP contribution in [0.25, 0.3) is 0 Å². The molecule has 1 atom stereocenters. The normalized spacial score (nSPS) is 11.8. The topological polar surface area (TPSA) is 120 Å². The van der Waals surface area contributed by atoms with E-state index < -0.39 is 29.4 Å². The highest BCUT2D eigenvalue weighted by atomic mass is 16.5. The van der Waals surface area contributed by atoms with Gasteiger partial charge in [-0.3, -0.25) is 19.5 Å². The van der Waals surface area contributed by atoms with Gasteiger partial charge in [0.2, 0.25) is 11.8 Å². The number of carbonyl (C=O) groups is 3. The molecular weight excluding hydrogens is 366 g/mol. The van der Waals surface area contributed by atoms with Crippen LogP contribution in [0.3, 0.4) is 0 Å². The van der Waals surface area contributed by atoms with Crippen LogP contribution in [-0.2, 0) is 9.53 Å². The van der Waals surface area contributed by atoms with E-state index in [0.29, 0.717) is 11.4 Å². The second kappa shape index (κ2) is 8.20. The van der Waals surface area contributed by atoms with Crippen LogP contribution in [-0.4, -0.2) is 33.8 Å². The lowest BCUT2D eigenvalue weighted by molar-refractivity contribution is -0.119. The molecule has 9 heteroatoms. The Morgan fingerprint density at radius 3 is 2.43 bits per heavy atom. The van der Waals surface area contributed by atoms with Gasteiger partial charge in [-0.2, -0.15) is 4.98 Å². The number of nitrogens with zero attached hydrogens (tertiary/aromatic N) is 2. The Morgan fingerprint density at radius 2 is 1.89 bits per heavy atom. The number of hydrogen-bond acceptors (Lipinski definition) is 7. The molecule has 0 saturated heterocycles. The Morgan fingerprint density at radius 1 is 1.25 bits per heavy atom. The monoisotopic (exact) mass is 389 g/mol. The molecule has 1 amide bonds. The molecular formula is C19H23N3O6. The Hall–Kier alpha value is -3.23. The number of Topliss-reactive ketones (excluding diaryl/α,β-unsaturated/α-hetero) is 1. The van der Waals surface area contributed by atoms with Crippen molar-refractivity contribution in [2.24, 2.45) is 0 Å². The van der Waals surface area contributed by atoms with Gasteiger partial charge in [0.25, 0.3) is 0 Å². The zero-order valence-corrected chi connectivity index (χ0v) is 16.7. The third kappa shape index (κ3) is 4.03. The molecule has 2 aromatic rings. The highest BCUT2D eigenvalue weighted by Crippen LogP contribution is 2.29. The Balaban J connectivity index is 2.44. The van der Waals surface area contributed by atoms with E-state index in [0.717, 1.165) is 0 Å². The molecule has 0 aromatic carbocycles. The van der Waals surface area contributed by atoms with Crippen molar-refractivity contribution in [3.8, 4) is 0 Å². The second-order valence-electron chi connectivity index (χ2n) is 6.37. The summed E-state index contributed by atoms with van der Waals surface area (Å²) in [4.78, 5) is 53.0. The number of anilines is 1. The summed E-state index contributed by atoms with van der Waals surface area (Å²) in [5.41, 5.74) is 0.450. The molecule has 1 N–H and O–H groups in total. The SMILES string of the molecule is CCOC(=O)c1c(NC(=O)C(C)n2c(C)cc(C)nc2=O)oc(C)c1C(C)=O. The van der Waals surface area contributed by atoms with Crippen LogP contribution in [0.15, 0.2) is 15.3 Å². The van der Waals surface area contributed by atoms with Crippen LogP contribution < -0.4 is 11.0 Å². The van der Waals surface area contributed by atoms with E-state index in [1.165, 1.54) is 25.3 Å². The molecule has 0 radical (unpaired) electrons. The van der Waals surface area contributed by atoms with Gasteiger partial charge in [-0.15, -0.1) is 0 Å². The van der Waals surface area contributed by atoms with Gasteiger partial charge in [-0.1, -0.05) is 0 Å². The third-order valence-electron chi connectivity index (χ3n) is 4.20. The van der Waals surface area contributed by atoms with Crippen molar-refractivity contribution in [3.63, 3.8) is 0 Å². The Labute approximate surface area is 161 Å². The van der Waals surface area contributed by atoms with E-state index in [1.54, 1.807) is 26.8 Å². The lowest BCUT2D eigenvalue weighted by atomic mass is 10.1. The number of aromatic nitrogens is 2. The first-order chi connectivity index (χ1) is 13.1. The summed E-state index contributed by atoms with van der Waals surface area (Å²) in [6.45, 7) is 9.41. The first kappa shape index (κ1) is 21.1. The van der Waals surface area contributed by atoms with Crippen molar-refractivity contribution >= 4 is 23.5 Å². The van der Waals surface area contributed by atoms with Gasteiger partial charge in [0.15, 0.2) is 5.78 Å². The van der Waals surface area contributed by atoms with Gasteiger partial charge in [-0.25, -0.2) is 9.59 Å². The molecule has 0 fully saturated rings. The minimum Gasteiger partial charge on any atom is -0.462 e.